The number of hydrogen-bond donors (Lipinski definition) is 2. The number of nitrogens with zero attached hydrogens (tertiary/aromatic N) is 1. The van der Waals surface area contributed by atoms with E-state index in [4.69, 9.17) is 0 Å². The van der Waals surface area contributed by atoms with Crippen LogP contribution in [0.25, 0.3) is 0 Å². The van der Waals surface area contributed by atoms with Gasteiger partial charge in [-0.1, -0.05) is 13.8 Å². The molecule has 0 aliphatic carbocycles. The van der Waals surface area contributed by atoms with Crippen molar-refractivity contribution in [2.24, 2.45) is 11.8 Å². The van der Waals surface area contributed by atoms with E-state index in [9.17, 15) is 9.59 Å². The number of amides is 3. The highest BCUT2D eigenvalue weighted by molar-refractivity contribution is 5.81. The molecule has 1 saturated heterocycles. The Morgan fingerprint density at radius 3 is 2.36 bits per heavy atom. The Morgan fingerprint density at radius 2 is 1.77 bits per heavy atom. The number of carbonyl (C=O) groups is 2. The van der Waals surface area contributed by atoms with E-state index >= 15 is 0 Å². The van der Waals surface area contributed by atoms with Crippen LogP contribution in [0.15, 0.2) is 0 Å². The van der Waals surface area contributed by atoms with Gasteiger partial charge in [-0.2, -0.15) is 0 Å². The molecule has 3 amide bonds. The van der Waals surface area contributed by atoms with E-state index in [1.54, 1.807) is 4.90 Å². The van der Waals surface area contributed by atoms with Crippen LogP contribution < -0.4 is 10.6 Å². The largest absolute Gasteiger partial charge is 0.353 e. The summed E-state index contributed by atoms with van der Waals surface area (Å²) in [5, 5.41) is 6.01. The molecule has 0 aromatic heterocycles. The molecule has 0 spiro atoms. The number of piperidine rings is 1. The van der Waals surface area contributed by atoms with Crippen LogP contribution in [0.3, 0.4) is 0 Å². The Balaban J connectivity index is 2.43. The molecule has 0 saturated carbocycles. The van der Waals surface area contributed by atoms with Crippen molar-refractivity contribution in [3.05, 3.63) is 0 Å². The van der Waals surface area contributed by atoms with E-state index in [0.717, 1.165) is 32.2 Å². The van der Waals surface area contributed by atoms with Crippen molar-refractivity contribution in [3.63, 3.8) is 0 Å². The van der Waals surface area contributed by atoms with Gasteiger partial charge in [0.2, 0.25) is 5.91 Å². The molecule has 0 bridgehead atoms. The fourth-order valence-corrected chi connectivity index (χ4v) is 2.73. The van der Waals surface area contributed by atoms with Crippen molar-refractivity contribution in [3.8, 4) is 0 Å². The van der Waals surface area contributed by atoms with E-state index in [2.05, 4.69) is 31.4 Å². The van der Waals surface area contributed by atoms with E-state index in [0.29, 0.717) is 12.5 Å². The molecule has 1 aliphatic heterocycles. The van der Waals surface area contributed by atoms with Gasteiger partial charge in [0.1, 0.15) is 0 Å². The second-order valence-corrected chi connectivity index (χ2v) is 7.27. The molecule has 1 aliphatic rings. The van der Waals surface area contributed by atoms with E-state index in [1.165, 1.54) is 0 Å². The Morgan fingerprint density at radius 1 is 1.09 bits per heavy atom. The topological polar surface area (TPSA) is 61.4 Å². The third-order valence-corrected chi connectivity index (χ3v) is 4.06. The smallest absolute Gasteiger partial charge is 0.317 e. The third-order valence-electron chi connectivity index (χ3n) is 4.06. The van der Waals surface area contributed by atoms with Crippen LogP contribution in [0.4, 0.5) is 4.79 Å². The lowest BCUT2D eigenvalue weighted by molar-refractivity contribution is -0.126. The highest BCUT2D eigenvalue weighted by atomic mass is 16.2. The summed E-state index contributed by atoms with van der Waals surface area (Å²) < 4.78 is 0. The molecule has 2 N–H and O–H groups in total. The van der Waals surface area contributed by atoms with Crippen LogP contribution in [0.5, 0.6) is 0 Å². The fourth-order valence-electron chi connectivity index (χ4n) is 2.73. The van der Waals surface area contributed by atoms with Gasteiger partial charge in [0, 0.05) is 25.2 Å². The van der Waals surface area contributed by atoms with Gasteiger partial charge >= 0.3 is 6.03 Å². The minimum absolute atomic E-state index is 0.0552. The number of rotatable bonds is 6. The van der Waals surface area contributed by atoms with Crippen LogP contribution in [0.2, 0.25) is 0 Å². The van der Waals surface area contributed by atoms with Crippen molar-refractivity contribution in [2.75, 3.05) is 13.1 Å². The lowest BCUT2D eigenvalue weighted by Crippen LogP contribution is -2.51. The molecule has 1 heterocycles. The molecule has 1 rings (SSSR count). The molecular formula is C17H33N3O2. The van der Waals surface area contributed by atoms with Crippen LogP contribution in [-0.2, 0) is 4.79 Å². The monoisotopic (exact) mass is 311 g/mol. The summed E-state index contributed by atoms with van der Waals surface area (Å²) in [7, 11) is 0. The summed E-state index contributed by atoms with van der Waals surface area (Å²) in [6.07, 6.45) is 3.89. The highest BCUT2D eigenvalue weighted by Crippen LogP contribution is 2.17. The summed E-state index contributed by atoms with van der Waals surface area (Å²) in [6.45, 7) is 11.6. The normalized spacial score (nSPS) is 20.1. The summed E-state index contributed by atoms with van der Waals surface area (Å²) in [4.78, 5) is 26.2. The van der Waals surface area contributed by atoms with Crippen molar-refractivity contribution < 1.29 is 9.59 Å². The maximum absolute atomic E-state index is 12.4. The molecule has 128 valence electrons. The zero-order valence-electron chi connectivity index (χ0n) is 14.8. The second-order valence-electron chi connectivity index (χ2n) is 7.27. The zero-order chi connectivity index (χ0) is 16.7. The predicted molar refractivity (Wildman–Crippen MR) is 89.6 cm³/mol. The van der Waals surface area contributed by atoms with E-state index in [-0.39, 0.29) is 29.9 Å². The van der Waals surface area contributed by atoms with Gasteiger partial charge in [0.15, 0.2) is 0 Å². The molecular weight excluding hydrogens is 278 g/mol. The maximum Gasteiger partial charge on any atom is 0.317 e. The molecule has 0 aromatic carbocycles. The predicted octanol–water partition coefficient (Wildman–Crippen LogP) is 2.76. The van der Waals surface area contributed by atoms with Gasteiger partial charge in [-0.05, 0) is 52.4 Å². The molecule has 5 heteroatoms. The molecule has 0 radical (unpaired) electrons. The first-order valence-electron chi connectivity index (χ1n) is 8.65. The average Bonchev–Trinajstić information content (AvgIpc) is 2.44. The fraction of sp³-hybridized carbons (Fsp3) is 0.882. The highest BCUT2D eigenvalue weighted by Gasteiger charge is 2.29. The minimum atomic E-state index is -0.0758. The Hall–Kier alpha value is -1.26. The number of urea groups is 1. The van der Waals surface area contributed by atoms with E-state index in [1.807, 2.05) is 13.8 Å². The minimum Gasteiger partial charge on any atom is -0.353 e. The standard InChI is InChI=1S/C17H33N3O2/c1-12(2)8-9-14(5)19-16(21)15-7-6-10-20(11-15)17(22)18-13(3)4/h12-15H,6-11H2,1-5H3,(H,18,22)(H,19,21)/t14-,15+/m1/s1. The molecule has 5 nitrogen and oxygen atoms in total. The molecule has 2 atom stereocenters. The molecule has 0 aromatic rings. The number of nitrogens with one attached hydrogen (secondary N) is 2. The SMILES string of the molecule is CC(C)CC[C@@H](C)NC(=O)[C@H]1CCCN(C(=O)NC(C)C)C1. The summed E-state index contributed by atoms with van der Waals surface area (Å²) in [6, 6.07) is 0.271. The van der Waals surface area contributed by atoms with Crippen LogP contribution in [0, 0.1) is 11.8 Å². The quantitative estimate of drug-likeness (QED) is 0.792. The zero-order valence-corrected chi connectivity index (χ0v) is 14.8. The van der Waals surface area contributed by atoms with Crippen molar-refractivity contribution in [1.82, 2.24) is 15.5 Å². The van der Waals surface area contributed by atoms with Gasteiger partial charge in [-0.15, -0.1) is 0 Å². The van der Waals surface area contributed by atoms with Gasteiger partial charge in [0.25, 0.3) is 0 Å². The first-order valence-corrected chi connectivity index (χ1v) is 8.65. The first kappa shape index (κ1) is 18.8. The molecule has 22 heavy (non-hydrogen) atoms. The summed E-state index contributed by atoms with van der Waals surface area (Å²) >= 11 is 0. The second kappa shape index (κ2) is 9.01. The maximum atomic E-state index is 12.4. The Kier molecular flexibility index (Phi) is 7.69. The van der Waals surface area contributed by atoms with Gasteiger partial charge in [-0.3, -0.25) is 4.79 Å². The summed E-state index contributed by atoms with van der Waals surface area (Å²) in [5.74, 6) is 0.677. The van der Waals surface area contributed by atoms with Crippen molar-refractivity contribution in [1.29, 1.82) is 0 Å². The van der Waals surface area contributed by atoms with Gasteiger partial charge in [-0.25, -0.2) is 4.79 Å². The lowest BCUT2D eigenvalue weighted by atomic mass is 9.96. The number of likely N-dealkylation sites (tertiary alicyclic amines) is 1. The summed E-state index contributed by atoms with van der Waals surface area (Å²) in [5.41, 5.74) is 0. The molecule has 0 unspecified atom stereocenters. The van der Waals surface area contributed by atoms with Crippen LogP contribution in [0.1, 0.15) is 60.3 Å². The van der Waals surface area contributed by atoms with Crippen molar-refractivity contribution >= 4 is 11.9 Å². The Bertz CT molecular complexity index is 369. The van der Waals surface area contributed by atoms with Crippen LogP contribution >= 0.6 is 0 Å². The number of hydrogen-bond acceptors (Lipinski definition) is 2. The van der Waals surface area contributed by atoms with Crippen molar-refractivity contribution in [2.45, 2.75) is 72.4 Å². The Labute approximate surface area is 135 Å². The number of carbonyl (C=O) groups excluding carboxylic acids is 2. The lowest BCUT2D eigenvalue weighted by Gasteiger charge is -2.33. The van der Waals surface area contributed by atoms with E-state index < -0.39 is 0 Å². The van der Waals surface area contributed by atoms with Crippen LogP contribution in [-0.4, -0.2) is 42.0 Å². The molecule has 1 fully saturated rings. The first-order chi connectivity index (χ1) is 10.3. The third kappa shape index (κ3) is 6.67. The van der Waals surface area contributed by atoms with Gasteiger partial charge < -0.3 is 15.5 Å². The average molecular weight is 311 g/mol. The van der Waals surface area contributed by atoms with Gasteiger partial charge in [0.05, 0.1) is 5.92 Å².